The molecule has 0 saturated heterocycles. The highest BCUT2D eigenvalue weighted by Crippen LogP contribution is 2.27. The fourth-order valence-corrected chi connectivity index (χ4v) is 5.54. The zero-order valence-electron chi connectivity index (χ0n) is 33.3. The first kappa shape index (κ1) is 44.9. The average molecular weight is 735 g/mol. The molecule has 9 heteroatoms. The first-order valence-electron chi connectivity index (χ1n) is 19.0. The van der Waals surface area contributed by atoms with Crippen molar-refractivity contribution in [2.24, 2.45) is 0 Å². The molecule has 0 N–H and O–H groups in total. The van der Waals surface area contributed by atoms with Gasteiger partial charge in [-0.05, 0) is 136 Å². The third-order valence-electron chi connectivity index (χ3n) is 8.44. The summed E-state index contributed by atoms with van der Waals surface area (Å²) in [6, 6.07) is 15.9. The van der Waals surface area contributed by atoms with Crippen LogP contribution in [0.3, 0.4) is 0 Å². The van der Waals surface area contributed by atoms with Crippen molar-refractivity contribution < 1.29 is 42.8 Å². The van der Waals surface area contributed by atoms with Crippen LogP contribution in [0.1, 0.15) is 105 Å². The molecule has 1 atom stereocenters. The number of allylic oxidation sites excluding steroid dienone is 5. The van der Waals surface area contributed by atoms with E-state index in [1.807, 2.05) is 62.4 Å². The van der Waals surface area contributed by atoms with E-state index < -0.39 is 29.6 Å². The summed E-state index contributed by atoms with van der Waals surface area (Å²) < 4.78 is 34.0. The summed E-state index contributed by atoms with van der Waals surface area (Å²) in [6.45, 7) is 15.0. The molecular formula is C44H62O9. The van der Waals surface area contributed by atoms with E-state index in [9.17, 15) is 14.4 Å². The van der Waals surface area contributed by atoms with Crippen LogP contribution in [-0.2, 0) is 44.5 Å². The second-order valence-corrected chi connectivity index (χ2v) is 13.3. The quantitative estimate of drug-likeness (QED) is 0.0324. The van der Waals surface area contributed by atoms with Crippen LogP contribution in [0.2, 0.25) is 0 Å². The fraction of sp³-hybridized carbons (Fsp3) is 0.523. The van der Waals surface area contributed by atoms with Gasteiger partial charge in [-0.15, -0.1) is 0 Å². The molecular weight excluding hydrogens is 672 g/mol. The third kappa shape index (κ3) is 16.1. The van der Waals surface area contributed by atoms with Gasteiger partial charge in [-0.2, -0.15) is 0 Å². The van der Waals surface area contributed by atoms with Crippen molar-refractivity contribution in [3.05, 3.63) is 94.6 Å². The number of aryl methyl sites for hydroxylation is 2. The third-order valence-corrected chi connectivity index (χ3v) is 8.44. The Balaban J connectivity index is 2.10. The largest absolute Gasteiger partial charge is 0.464 e. The van der Waals surface area contributed by atoms with Gasteiger partial charge < -0.3 is 28.4 Å². The summed E-state index contributed by atoms with van der Waals surface area (Å²) >= 11 is 0. The van der Waals surface area contributed by atoms with Crippen molar-refractivity contribution in [2.75, 3.05) is 33.0 Å². The molecule has 0 heterocycles. The summed E-state index contributed by atoms with van der Waals surface area (Å²) in [4.78, 5) is 40.7. The molecule has 0 bridgehead atoms. The number of benzene rings is 2. The van der Waals surface area contributed by atoms with Crippen molar-refractivity contribution in [3.63, 3.8) is 0 Å². The molecule has 0 fully saturated rings. The van der Waals surface area contributed by atoms with Crippen molar-refractivity contribution in [1.82, 2.24) is 0 Å². The lowest BCUT2D eigenvalue weighted by Gasteiger charge is -2.34. The van der Waals surface area contributed by atoms with Crippen molar-refractivity contribution >= 4 is 17.9 Å². The van der Waals surface area contributed by atoms with Crippen LogP contribution in [0.25, 0.3) is 0 Å². The molecule has 0 aliphatic rings. The maximum Gasteiger partial charge on any atom is 0.353 e. The van der Waals surface area contributed by atoms with Gasteiger partial charge in [0.15, 0.2) is 0 Å². The van der Waals surface area contributed by atoms with Crippen LogP contribution in [0.15, 0.2) is 83.5 Å². The highest BCUT2D eigenvalue weighted by Gasteiger charge is 2.61. The SMILES string of the molecule is CCOC(=O)C(OCCCCCc1ccc(Oc2cccc(C)c2)cc1)C(OCC=C(C)CCC=C(C)CCC=C(C)C)(C(=O)OCC)C(=O)OCC. The Labute approximate surface area is 317 Å². The second-order valence-electron chi connectivity index (χ2n) is 13.3. The summed E-state index contributed by atoms with van der Waals surface area (Å²) in [5.74, 6) is -1.47. The van der Waals surface area contributed by atoms with Gasteiger partial charge in [0.2, 0.25) is 6.10 Å². The van der Waals surface area contributed by atoms with Crippen LogP contribution in [0, 0.1) is 6.92 Å². The molecule has 53 heavy (non-hydrogen) atoms. The Hall–Kier alpha value is -4.21. The predicted octanol–water partition coefficient (Wildman–Crippen LogP) is 9.75. The number of hydrogen-bond acceptors (Lipinski definition) is 9. The van der Waals surface area contributed by atoms with Gasteiger partial charge in [-0.1, -0.05) is 65.6 Å². The van der Waals surface area contributed by atoms with E-state index in [0.717, 1.165) is 73.1 Å². The first-order valence-corrected chi connectivity index (χ1v) is 19.0. The van der Waals surface area contributed by atoms with Crippen LogP contribution in [-0.4, -0.2) is 62.6 Å². The van der Waals surface area contributed by atoms with Crippen LogP contribution < -0.4 is 4.74 Å². The Morgan fingerprint density at radius 1 is 0.717 bits per heavy atom. The predicted molar refractivity (Wildman–Crippen MR) is 209 cm³/mol. The number of carbonyl (C=O) groups is 3. The Kier molecular flexibility index (Phi) is 21.1. The number of ether oxygens (including phenoxy) is 6. The van der Waals surface area contributed by atoms with E-state index in [1.54, 1.807) is 26.8 Å². The lowest BCUT2D eigenvalue weighted by molar-refractivity contribution is -0.216. The Morgan fingerprint density at radius 3 is 1.94 bits per heavy atom. The number of carbonyl (C=O) groups excluding carboxylic acids is 3. The smallest absolute Gasteiger partial charge is 0.353 e. The zero-order valence-corrected chi connectivity index (χ0v) is 33.3. The van der Waals surface area contributed by atoms with Crippen LogP contribution in [0.4, 0.5) is 0 Å². The van der Waals surface area contributed by atoms with Gasteiger partial charge in [0.05, 0.1) is 26.4 Å². The van der Waals surface area contributed by atoms with Crippen LogP contribution in [0.5, 0.6) is 11.5 Å². The molecule has 292 valence electrons. The van der Waals surface area contributed by atoms with Crippen molar-refractivity contribution in [1.29, 1.82) is 0 Å². The summed E-state index contributed by atoms with van der Waals surface area (Å²) in [6.07, 6.45) is 11.2. The van der Waals surface area contributed by atoms with Gasteiger partial charge >= 0.3 is 17.9 Å². The number of hydrogen-bond donors (Lipinski definition) is 0. The highest BCUT2D eigenvalue weighted by atomic mass is 16.6. The lowest BCUT2D eigenvalue weighted by atomic mass is 9.95. The van der Waals surface area contributed by atoms with Gasteiger partial charge in [0, 0.05) is 6.61 Å². The van der Waals surface area contributed by atoms with Crippen molar-refractivity contribution in [2.45, 2.75) is 118 Å². The number of rotatable bonds is 25. The Bertz CT molecular complexity index is 1480. The minimum Gasteiger partial charge on any atom is -0.464 e. The molecule has 2 rings (SSSR count). The van der Waals surface area contributed by atoms with Crippen LogP contribution >= 0.6 is 0 Å². The van der Waals surface area contributed by atoms with E-state index >= 15 is 0 Å². The molecule has 0 aliphatic heterocycles. The molecule has 2 aromatic rings. The van der Waals surface area contributed by atoms with Crippen molar-refractivity contribution in [3.8, 4) is 11.5 Å². The first-order chi connectivity index (χ1) is 25.5. The topological polar surface area (TPSA) is 107 Å². The molecule has 9 nitrogen and oxygen atoms in total. The standard InChI is InChI=1S/C44H62O9/c1-9-48-41(45)40(51-30-14-12-13-23-37-25-27-38(28-26-37)53-39-24-17-22-36(8)32-39)44(42(46)49-10-2,43(47)50-11-3)52-31-29-35(7)21-16-20-34(6)19-15-18-33(4)5/h17-18,20,22,24-29,32,40H,9-16,19,21,23,30-31H2,1-8H3. The molecule has 0 amide bonds. The van der Waals surface area contributed by atoms with E-state index in [2.05, 4.69) is 32.9 Å². The molecule has 0 saturated carbocycles. The van der Waals surface area contributed by atoms with Gasteiger partial charge in [-0.25, -0.2) is 14.4 Å². The summed E-state index contributed by atoms with van der Waals surface area (Å²) in [5, 5.41) is 0. The molecule has 0 spiro atoms. The molecule has 2 aromatic carbocycles. The second kappa shape index (κ2) is 24.9. The summed E-state index contributed by atoms with van der Waals surface area (Å²) in [5.41, 5.74) is 3.42. The molecule has 0 radical (unpaired) electrons. The van der Waals surface area contributed by atoms with Gasteiger partial charge in [-0.3, -0.25) is 0 Å². The van der Waals surface area contributed by atoms with Gasteiger partial charge in [0.25, 0.3) is 5.60 Å². The number of unbranched alkanes of at least 4 members (excludes halogenated alkanes) is 2. The summed E-state index contributed by atoms with van der Waals surface area (Å²) in [7, 11) is 0. The monoisotopic (exact) mass is 734 g/mol. The normalized spacial score (nSPS) is 12.5. The Morgan fingerprint density at radius 2 is 1.34 bits per heavy atom. The van der Waals surface area contributed by atoms with E-state index in [4.69, 9.17) is 28.4 Å². The highest BCUT2D eigenvalue weighted by molar-refractivity contribution is 6.08. The minimum atomic E-state index is -2.52. The average Bonchev–Trinajstić information content (AvgIpc) is 3.11. The van der Waals surface area contributed by atoms with E-state index in [0.29, 0.717) is 6.42 Å². The maximum atomic E-state index is 13.6. The van der Waals surface area contributed by atoms with E-state index in [1.165, 1.54) is 11.1 Å². The molecule has 0 aromatic heterocycles. The van der Waals surface area contributed by atoms with E-state index in [-0.39, 0.29) is 33.0 Å². The molecule has 1 unspecified atom stereocenters. The number of esters is 3. The maximum absolute atomic E-state index is 13.6. The zero-order chi connectivity index (χ0) is 39.1. The van der Waals surface area contributed by atoms with Gasteiger partial charge in [0.1, 0.15) is 11.5 Å². The lowest BCUT2D eigenvalue weighted by Crippen LogP contribution is -2.63. The fourth-order valence-electron chi connectivity index (χ4n) is 5.54. The molecule has 0 aliphatic carbocycles. The minimum absolute atomic E-state index is 0.00945.